The van der Waals surface area contributed by atoms with E-state index in [-0.39, 0.29) is 5.56 Å². The molecule has 10 nitrogen and oxygen atoms in total. The second kappa shape index (κ2) is 8.13. The predicted octanol–water partition coefficient (Wildman–Crippen LogP) is 1.42. The van der Waals surface area contributed by atoms with Gasteiger partial charge in [-0.05, 0) is 25.5 Å². The van der Waals surface area contributed by atoms with Crippen molar-refractivity contribution < 1.29 is 9.47 Å². The van der Waals surface area contributed by atoms with Gasteiger partial charge in [-0.2, -0.15) is 5.10 Å². The van der Waals surface area contributed by atoms with E-state index in [1.54, 1.807) is 31.1 Å². The number of ether oxygens (including phenoxy) is 2. The van der Waals surface area contributed by atoms with Crippen molar-refractivity contribution in [3.8, 4) is 11.6 Å². The van der Waals surface area contributed by atoms with Crippen molar-refractivity contribution in [3.63, 3.8) is 0 Å². The highest BCUT2D eigenvalue weighted by atomic mass is 16.5. The lowest BCUT2D eigenvalue weighted by Crippen LogP contribution is -2.24. The van der Waals surface area contributed by atoms with Crippen LogP contribution in [0.15, 0.2) is 29.2 Å². The maximum atomic E-state index is 12.4. The molecule has 0 saturated heterocycles. The maximum absolute atomic E-state index is 12.4. The molecule has 1 saturated carbocycles. The average Bonchev–Trinajstić information content (AvgIpc) is 3.44. The number of aryl methyl sites for hydroxylation is 3. The van der Waals surface area contributed by atoms with E-state index in [0.717, 1.165) is 23.7 Å². The summed E-state index contributed by atoms with van der Waals surface area (Å²) in [5, 5.41) is 11.5. The first-order chi connectivity index (χ1) is 14.4. The van der Waals surface area contributed by atoms with Crippen molar-refractivity contribution in [2.45, 2.75) is 25.8 Å². The molecule has 1 fully saturated rings. The van der Waals surface area contributed by atoms with Crippen LogP contribution in [-0.2, 0) is 20.6 Å². The first-order valence-electron chi connectivity index (χ1n) is 9.76. The second-order valence-corrected chi connectivity index (χ2v) is 7.41. The normalized spacial score (nSPS) is 17.6. The summed E-state index contributed by atoms with van der Waals surface area (Å²) in [6.07, 6.45) is 2.75. The molecule has 1 aliphatic rings. The molecule has 0 aliphatic heterocycles. The van der Waals surface area contributed by atoms with Crippen LogP contribution < -0.4 is 20.3 Å². The van der Waals surface area contributed by atoms with Gasteiger partial charge < -0.3 is 14.8 Å². The van der Waals surface area contributed by atoms with Crippen LogP contribution in [0.1, 0.15) is 29.7 Å². The van der Waals surface area contributed by atoms with Crippen LogP contribution in [0.4, 0.5) is 5.69 Å². The maximum Gasteiger partial charge on any atom is 0.290 e. The molecule has 0 radical (unpaired) electrons. The Morgan fingerprint density at radius 2 is 2.07 bits per heavy atom. The number of methoxy groups -OCH3 is 1. The monoisotopic (exact) mass is 411 g/mol. The van der Waals surface area contributed by atoms with Gasteiger partial charge >= 0.3 is 0 Å². The molecule has 0 bridgehead atoms. The summed E-state index contributed by atoms with van der Waals surface area (Å²) in [6, 6.07) is 5.54. The topological polar surface area (TPSA) is 109 Å². The SMILES string of the molecule is COc1ccc([C@H]2C[C@@H]2COc2cc(NCc3nc(C)nn3C)c(=O)n(C)n2)nc1. The van der Waals surface area contributed by atoms with Crippen molar-refractivity contribution in [1.29, 1.82) is 0 Å². The minimum absolute atomic E-state index is 0.229. The van der Waals surface area contributed by atoms with Gasteiger partial charge in [-0.3, -0.25) is 14.5 Å². The fourth-order valence-electron chi connectivity index (χ4n) is 3.38. The summed E-state index contributed by atoms with van der Waals surface area (Å²) in [7, 11) is 5.05. The summed E-state index contributed by atoms with van der Waals surface area (Å²) in [4.78, 5) is 21.2. The van der Waals surface area contributed by atoms with E-state index in [2.05, 4.69) is 25.5 Å². The van der Waals surface area contributed by atoms with Gasteiger partial charge in [0.15, 0.2) is 0 Å². The van der Waals surface area contributed by atoms with E-state index < -0.39 is 0 Å². The number of hydrogen-bond acceptors (Lipinski definition) is 8. The van der Waals surface area contributed by atoms with E-state index in [4.69, 9.17) is 9.47 Å². The molecule has 0 spiro atoms. The Morgan fingerprint density at radius 3 is 2.73 bits per heavy atom. The number of nitrogens with one attached hydrogen (secondary N) is 1. The highest BCUT2D eigenvalue weighted by Gasteiger charge is 2.40. The summed E-state index contributed by atoms with van der Waals surface area (Å²) in [5.41, 5.74) is 1.22. The number of rotatable bonds is 8. The van der Waals surface area contributed by atoms with Crippen LogP contribution >= 0.6 is 0 Å². The van der Waals surface area contributed by atoms with Crippen LogP contribution in [0.3, 0.4) is 0 Å². The largest absolute Gasteiger partial charge is 0.495 e. The fourth-order valence-corrected chi connectivity index (χ4v) is 3.38. The zero-order chi connectivity index (χ0) is 21.3. The zero-order valence-electron chi connectivity index (χ0n) is 17.5. The molecule has 0 aromatic carbocycles. The molecule has 30 heavy (non-hydrogen) atoms. The van der Waals surface area contributed by atoms with E-state index in [0.29, 0.717) is 42.4 Å². The van der Waals surface area contributed by atoms with E-state index in [9.17, 15) is 4.79 Å². The third-order valence-corrected chi connectivity index (χ3v) is 5.18. The van der Waals surface area contributed by atoms with Gasteiger partial charge in [0.25, 0.3) is 5.56 Å². The fraction of sp³-hybridized carbons (Fsp3) is 0.450. The highest BCUT2D eigenvalue weighted by Crippen LogP contribution is 2.46. The van der Waals surface area contributed by atoms with Gasteiger partial charge in [0.2, 0.25) is 5.88 Å². The van der Waals surface area contributed by atoms with E-state index in [1.807, 2.05) is 26.1 Å². The molecule has 2 atom stereocenters. The highest BCUT2D eigenvalue weighted by molar-refractivity contribution is 5.43. The molecule has 4 rings (SSSR count). The number of hydrogen-bond donors (Lipinski definition) is 1. The Hall–Kier alpha value is -3.43. The predicted molar refractivity (Wildman–Crippen MR) is 110 cm³/mol. The van der Waals surface area contributed by atoms with Crippen molar-refractivity contribution >= 4 is 5.69 Å². The van der Waals surface area contributed by atoms with Gasteiger partial charge in [0.05, 0.1) is 26.5 Å². The van der Waals surface area contributed by atoms with Crippen LogP contribution in [0.2, 0.25) is 0 Å². The van der Waals surface area contributed by atoms with Crippen molar-refractivity contribution in [1.82, 2.24) is 29.5 Å². The summed E-state index contributed by atoms with van der Waals surface area (Å²) in [5.74, 6) is 3.33. The van der Waals surface area contributed by atoms with Crippen LogP contribution in [-0.4, -0.2) is 43.2 Å². The Morgan fingerprint density at radius 1 is 1.23 bits per heavy atom. The zero-order valence-corrected chi connectivity index (χ0v) is 17.5. The lowest BCUT2D eigenvalue weighted by atomic mass is 10.2. The number of aromatic nitrogens is 6. The minimum Gasteiger partial charge on any atom is -0.495 e. The minimum atomic E-state index is -0.229. The molecule has 10 heteroatoms. The lowest BCUT2D eigenvalue weighted by Gasteiger charge is -2.10. The number of anilines is 1. The van der Waals surface area contributed by atoms with Crippen molar-refractivity contribution in [2.24, 2.45) is 20.0 Å². The van der Waals surface area contributed by atoms with Crippen LogP contribution in [0.25, 0.3) is 0 Å². The summed E-state index contributed by atoms with van der Waals surface area (Å²) in [6.45, 7) is 2.73. The van der Waals surface area contributed by atoms with Crippen molar-refractivity contribution in [3.05, 3.63) is 52.1 Å². The average molecular weight is 411 g/mol. The number of pyridine rings is 1. The molecule has 3 heterocycles. The van der Waals surface area contributed by atoms with Crippen molar-refractivity contribution in [2.75, 3.05) is 19.0 Å². The molecular formula is C20H25N7O3. The molecule has 3 aromatic heterocycles. The summed E-state index contributed by atoms with van der Waals surface area (Å²) >= 11 is 0. The summed E-state index contributed by atoms with van der Waals surface area (Å²) < 4.78 is 14.0. The van der Waals surface area contributed by atoms with Crippen LogP contribution in [0, 0.1) is 12.8 Å². The van der Waals surface area contributed by atoms with Gasteiger partial charge in [-0.1, -0.05) is 0 Å². The first kappa shape index (κ1) is 19.9. The molecule has 1 aliphatic carbocycles. The molecule has 3 aromatic rings. The Kier molecular flexibility index (Phi) is 5.39. The van der Waals surface area contributed by atoms with Gasteiger partial charge in [0, 0.05) is 37.7 Å². The van der Waals surface area contributed by atoms with E-state index >= 15 is 0 Å². The number of nitrogens with zero attached hydrogens (tertiary/aromatic N) is 6. The molecular weight excluding hydrogens is 386 g/mol. The molecule has 158 valence electrons. The van der Waals surface area contributed by atoms with E-state index in [1.165, 1.54) is 4.68 Å². The molecule has 0 unspecified atom stereocenters. The molecule has 1 N–H and O–H groups in total. The molecule has 0 amide bonds. The quantitative estimate of drug-likeness (QED) is 0.593. The Labute approximate surface area is 173 Å². The Balaban J connectivity index is 1.37. The van der Waals surface area contributed by atoms with Gasteiger partial charge in [-0.25, -0.2) is 9.67 Å². The third-order valence-electron chi connectivity index (χ3n) is 5.18. The second-order valence-electron chi connectivity index (χ2n) is 7.41. The van der Waals surface area contributed by atoms with Gasteiger partial charge in [-0.15, -0.1) is 5.10 Å². The van der Waals surface area contributed by atoms with Gasteiger partial charge in [0.1, 0.15) is 23.1 Å². The lowest BCUT2D eigenvalue weighted by molar-refractivity contribution is 0.278. The Bertz CT molecular complexity index is 1090. The smallest absolute Gasteiger partial charge is 0.290 e. The van der Waals surface area contributed by atoms with Crippen LogP contribution in [0.5, 0.6) is 11.6 Å². The third kappa shape index (κ3) is 4.27. The standard InChI is InChI=1S/C20H25N7O3/c1-12-23-18(26(2)24-12)10-22-17-8-19(25-27(3)20(17)28)30-11-13-7-15(13)16-6-5-14(29-4)9-21-16/h5-6,8-9,13,15,22H,7,10-11H2,1-4H3/t13-,15+/m1/s1. The first-order valence-corrected chi connectivity index (χ1v) is 9.76.